The molecule has 4 rings (SSSR count). The first-order chi connectivity index (χ1) is 15.1. The van der Waals surface area contributed by atoms with E-state index in [1.54, 1.807) is 12.5 Å². The smallest absolute Gasteiger partial charge is 0.163 e. The molecule has 1 atom stereocenters. The van der Waals surface area contributed by atoms with Crippen molar-refractivity contribution in [2.24, 2.45) is 5.92 Å². The number of hydrogen-bond acceptors (Lipinski definition) is 4. The number of fused-ring (bicyclic) bond motifs is 1. The molecule has 162 valence electrons. The van der Waals surface area contributed by atoms with Gasteiger partial charge in [-0.15, -0.1) is 0 Å². The maximum atomic E-state index is 12.5. The molecule has 0 spiro atoms. The normalized spacial score (nSPS) is 14.5. The number of imidazole rings is 1. The number of hydrogen-bond donors (Lipinski definition) is 0. The van der Waals surface area contributed by atoms with E-state index >= 15 is 0 Å². The molecule has 1 aromatic heterocycles. The van der Waals surface area contributed by atoms with Crippen LogP contribution in [0.15, 0.2) is 61.2 Å². The highest BCUT2D eigenvalue weighted by Gasteiger charge is 2.24. The molecule has 0 bridgehead atoms. The summed E-state index contributed by atoms with van der Waals surface area (Å²) in [5.74, 6) is 1.46. The van der Waals surface area contributed by atoms with E-state index in [-0.39, 0.29) is 11.9 Å². The Balaban J connectivity index is 1.67. The lowest BCUT2D eigenvalue weighted by molar-refractivity contribution is 0.0907. The molecule has 0 N–H and O–H groups in total. The Bertz CT molecular complexity index is 997. The minimum absolute atomic E-state index is 0.184. The molecule has 1 aliphatic rings. The Morgan fingerprint density at radius 3 is 2.68 bits per heavy atom. The van der Waals surface area contributed by atoms with Gasteiger partial charge in [0, 0.05) is 36.5 Å². The third kappa shape index (κ3) is 5.23. The van der Waals surface area contributed by atoms with Crippen molar-refractivity contribution >= 4 is 5.78 Å². The van der Waals surface area contributed by atoms with Crippen LogP contribution in [-0.2, 0) is 24.3 Å². The first kappa shape index (κ1) is 21.3. The average molecular weight is 419 g/mol. The van der Waals surface area contributed by atoms with E-state index in [1.807, 2.05) is 41.1 Å². The van der Waals surface area contributed by atoms with Crippen LogP contribution in [0.3, 0.4) is 0 Å². The molecule has 31 heavy (non-hydrogen) atoms. The molecule has 0 saturated carbocycles. The van der Waals surface area contributed by atoms with Crippen LogP contribution in [0.25, 0.3) is 0 Å². The van der Waals surface area contributed by atoms with E-state index in [2.05, 4.69) is 31.0 Å². The van der Waals surface area contributed by atoms with Gasteiger partial charge >= 0.3 is 0 Å². The van der Waals surface area contributed by atoms with Crippen LogP contribution in [-0.4, -0.2) is 21.9 Å². The summed E-state index contributed by atoms with van der Waals surface area (Å²) >= 11 is 0. The topological polar surface area (TPSA) is 53.4 Å². The van der Waals surface area contributed by atoms with Crippen LogP contribution in [0.1, 0.15) is 59.8 Å². The molecule has 0 amide bonds. The minimum Gasteiger partial charge on any atom is -0.483 e. The number of nitrogens with zero attached hydrogens (tertiary/aromatic N) is 2. The predicted molar refractivity (Wildman–Crippen MR) is 120 cm³/mol. The molecule has 5 nitrogen and oxygen atoms in total. The number of benzene rings is 2. The number of carbonyl (C=O) groups excluding carboxylic acids is 1. The van der Waals surface area contributed by atoms with Crippen LogP contribution < -0.4 is 4.74 Å². The zero-order valence-electron chi connectivity index (χ0n) is 18.3. The van der Waals surface area contributed by atoms with E-state index in [9.17, 15) is 4.79 Å². The van der Waals surface area contributed by atoms with Gasteiger partial charge < -0.3 is 14.0 Å². The highest BCUT2D eigenvalue weighted by molar-refractivity contribution is 5.99. The summed E-state index contributed by atoms with van der Waals surface area (Å²) in [7, 11) is 0. The van der Waals surface area contributed by atoms with E-state index in [4.69, 9.17) is 9.47 Å². The summed E-state index contributed by atoms with van der Waals surface area (Å²) in [6.45, 7) is 6.05. The summed E-state index contributed by atoms with van der Waals surface area (Å²) in [4.78, 5) is 16.7. The fourth-order valence-corrected chi connectivity index (χ4v) is 4.06. The van der Waals surface area contributed by atoms with Crippen molar-refractivity contribution in [1.82, 2.24) is 9.55 Å². The van der Waals surface area contributed by atoms with Crippen molar-refractivity contribution in [2.75, 3.05) is 6.61 Å². The van der Waals surface area contributed by atoms with Gasteiger partial charge in [-0.05, 0) is 42.0 Å². The first-order valence-corrected chi connectivity index (χ1v) is 11.0. The summed E-state index contributed by atoms with van der Waals surface area (Å²) in [6.07, 6.45) is 7.72. The Morgan fingerprint density at radius 2 is 1.94 bits per heavy atom. The lowest BCUT2D eigenvalue weighted by Crippen LogP contribution is -2.19. The summed E-state index contributed by atoms with van der Waals surface area (Å²) < 4.78 is 14.7. The van der Waals surface area contributed by atoms with Crippen LogP contribution in [0.5, 0.6) is 5.75 Å². The Hall–Kier alpha value is -2.92. The van der Waals surface area contributed by atoms with Crippen LogP contribution in [0, 0.1) is 5.92 Å². The molecule has 0 aliphatic heterocycles. The van der Waals surface area contributed by atoms with Crippen LogP contribution in [0.2, 0.25) is 0 Å². The molecular formula is C26H30N2O3. The van der Waals surface area contributed by atoms with Crippen molar-refractivity contribution in [1.29, 1.82) is 0 Å². The lowest BCUT2D eigenvalue weighted by atomic mass is 9.87. The molecular weight excluding hydrogens is 388 g/mol. The van der Waals surface area contributed by atoms with E-state index in [1.165, 1.54) is 0 Å². The van der Waals surface area contributed by atoms with Crippen molar-refractivity contribution in [3.8, 4) is 5.75 Å². The van der Waals surface area contributed by atoms with Crippen LogP contribution in [0.4, 0.5) is 0 Å². The first-order valence-electron chi connectivity index (χ1n) is 11.0. The van der Waals surface area contributed by atoms with Gasteiger partial charge in [-0.3, -0.25) is 4.79 Å². The Labute approximate surface area is 184 Å². The standard InChI is InChI=1S/C26H30N2O3/c1-19(2)16-30-17-23-21-9-6-10-24(29)22(21)11-12-25(23)31-26(15-28-14-13-27-18-28)20-7-4-3-5-8-20/h3-5,7-8,11-14,18-19,26H,6,9-10,15-17H2,1-2H3. The van der Waals surface area contributed by atoms with Gasteiger partial charge in [0.15, 0.2) is 5.78 Å². The van der Waals surface area contributed by atoms with E-state index < -0.39 is 0 Å². The van der Waals surface area contributed by atoms with Crippen molar-refractivity contribution in [3.05, 3.63) is 83.4 Å². The van der Waals surface area contributed by atoms with Crippen molar-refractivity contribution in [2.45, 2.75) is 52.4 Å². The van der Waals surface area contributed by atoms with Crippen molar-refractivity contribution < 1.29 is 14.3 Å². The molecule has 1 aliphatic carbocycles. The molecule has 3 aromatic rings. The zero-order chi connectivity index (χ0) is 21.6. The van der Waals surface area contributed by atoms with Crippen molar-refractivity contribution in [3.63, 3.8) is 0 Å². The summed E-state index contributed by atoms with van der Waals surface area (Å²) in [5.41, 5.74) is 4.02. The fourth-order valence-electron chi connectivity index (χ4n) is 4.06. The van der Waals surface area contributed by atoms with Gasteiger partial charge in [0.05, 0.1) is 19.5 Å². The number of aromatic nitrogens is 2. The second kappa shape index (κ2) is 9.92. The van der Waals surface area contributed by atoms with Gasteiger partial charge in [0.1, 0.15) is 11.9 Å². The van der Waals surface area contributed by atoms with Gasteiger partial charge in [0.2, 0.25) is 0 Å². The van der Waals surface area contributed by atoms with E-state index in [0.29, 0.717) is 32.1 Å². The highest BCUT2D eigenvalue weighted by Crippen LogP contribution is 2.35. The number of ketones is 1. The zero-order valence-corrected chi connectivity index (χ0v) is 18.3. The average Bonchev–Trinajstić information content (AvgIpc) is 3.28. The fraction of sp³-hybridized carbons (Fsp3) is 0.385. The van der Waals surface area contributed by atoms with Gasteiger partial charge in [0.25, 0.3) is 0 Å². The second-order valence-electron chi connectivity index (χ2n) is 8.53. The third-order valence-corrected chi connectivity index (χ3v) is 5.59. The minimum atomic E-state index is -0.184. The Morgan fingerprint density at radius 1 is 1.10 bits per heavy atom. The molecule has 1 unspecified atom stereocenters. The molecule has 0 fully saturated rings. The maximum Gasteiger partial charge on any atom is 0.163 e. The summed E-state index contributed by atoms with van der Waals surface area (Å²) in [5, 5.41) is 0. The lowest BCUT2D eigenvalue weighted by Gasteiger charge is -2.26. The number of rotatable bonds is 9. The summed E-state index contributed by atoms with van der Waals surface area (Å²) in [6, 6.07) is 14.1. The molecule has 2 aromatic carbocycles. The van der Waals surface area contributed by atoms with E-state index in [0.717, 1.165) is 40.8 Å². The highest BCUT2D eigenvalue weighted by atomic mass is 16.5. The van der Waals surface area contributed by atoms with Gasteiger partial charge in [-0.25, -0.2) is 4.98 Å². The van der Waals surface area contributed by atoms with Crippen LogP contribution >= 0.6 is 0 Å². The molecule has 0 radical (unpaired) electrons. The maximum absolute atomic E-state index is 12.5. The molecule has 0 saturated heterocycles. The van der Waals surface area contributed by atoms with Gasteiger partial charge in [-0.2, -0.15) is 0 Å². The predicted octanol–water partition coefficient (Wildman–Crippen LogP) is 5.40. The molecule has 5 heteroatoms. The van der Waals surface area contributed by atoms with Gasteiger partial charge in [-0.1, -0.05) is 44.2 Å². The largest absolute Gasteiger partial charge is 0.483 e. The second-order valence-corrected chi connectivity index (χ2v) is 8.53. The Kier molecular flexibility index (Phi) is 6.82. The SMILES string of the molecule is CC(C)COCc1c(OC(Cn2ccnc2)c2ccccc2)ccc2c1CCCC2=O. The monoisotopic (exact) mass is 418 g/mol. The third-order valence-electron chi connectivity index (χ3n) is 5.59. The number of ether oxygens (including phenoxy) is 2. The quantitative estimate of drug-likeness (QED) is 0.467. The molecule has 1 heterocycles. The number of Topliss-reactive ketones (excluding diaryl/α,β-unsaturated/α-hetero) is 1. The number of carbonyl (C=O) groups is 1.